The summed E-state index contributed by atoms with van der Waals surface area (Å²) in [5.41, 5.74) is 1.52. The lowest BCUT2D eigenvalue weighted by molar-refractivity contribution is 0.0938. The van der Waals surface area contributed by atoms with E-state index in [2.05, 4.69) is 22.4 Å². The number of aromatic amines is 1. The van der Waals surface area contributed by atoms with Gasteiger partial charge in [-0.05, 0) is 31.4 Å². The number of carbonyl (C=O) groups excluding carboxylic acids is 1. The van der Waals surface area contributed by atoms with Crippen LogP contribution < -0.4 is 10.9 Å². The van der Waals surface area contributed by atoms with Gasteiger partial charge in [-0.2, -0.15) is 0 Å². The van der Waals surface area contributed by atoms with Crippen molar-refractivity contribution in [2.24, 2.45) is 0 Å². The minimum atomic E-state index is -0.210. The third-order valence-corrected chi connectivity index (χ3v) is 3.13. The molecule has 0 aliphatic heterocycles. The molecule has 1 unspecified atom stereocenters. The Morgan fingerprint density at radius 1 is 1.20 bits per heavy atom. The van der Waals surface area contributed by atoms with Crippen molar-refractivity contribution in [3.05, 3.63) is 70.1 Å². The first kappa shape index (κ1) is 14.1. The maximum absolute atomic E-state index is 11.9. The molecule has 1 aromatic heterocycles. The van der Waals surface area contributed by atoms with Crippen LogP contribution in [-0.4, -0.2) is 16.9 Å². The van der Waals surface area contributed by atoms with E-state index >= 15 is 0 Å². The van der Waals surface area contributed by atoms with Crippen LogP contribution in [0.25, 0.3) is 0 Å². The lowest BCUT2D eigenvalue weighted by atomic mass is 10.1. The second-order valence-corrected chi connectivity index (χ2v) is 4.84. The van der Waals surface area contributed by atoms with Crippen molar-refractivity contribution in [2.45, 2.75) is 25.8 Å². The van der Waals surface area contributed by atoms with Crippen LogP contribution in [-0.2, 0) is 6.42 Å². The Kier molecular flexibility index (Phi) is 4.71. The minimum Gasteiger partial charge on any atom is -0.350 e. The summed E-state index contributed by atoms with van der Waals surface area (Å²) >= 11 is 0. The van der Waals surface area contributed by atoms with Crippen molar-refractivity contribution in [1.82, 2.24) is 10.3 Å². The highest BCUT2D eigenvalue weighted by Gasteiger charge is 2.09. The zero-order valence-corrected chi connectivity index (χ0v) is 11.4. The number of rotatable bonds is 5. The van der Waals surface area contributed by atoms with Crippen LogP contribution in [0.5, 0.6) is 0 Å². The molecular weight excluding hydrogens is 252 g/mol. The summed E-state index contributed by atoms with van der Waals surface area (Å²) in [6, 6.07) is 13.1. The van der Waals surface area contributed by atoms with Gasteiger partial charge < -0.3 is 10.3 Å². The van der Waals surface area contributed by atoms with E-state index in [4.69, 9.17) is 0 Å². The molecule has 0 aliphatic carbocycles. The predicted octanol–water partition coefficient (Wildman–Crippen LogP) is 2.13. The van der Waals surface area contributed by atoms with Gasteiger partial charge in [0.2, 0.25) is 5.56 Å². The van der Waals surface area contributed by atoms with E-state index in [-0.39, 0.29) is 17.5 Å². The van der Waals surface area contributed by atoms with Gasteiger partial charge in [-0.25, -0.2) is 0 Å². The zero-order valence-electron chi connectivity index (χ0n) is 11.4. The molecule has 104 valence electrons. The number of nitrogens with one attached hydrogen (secondary N) is 2. The van der Waals surface area contributed by atoms with Gasteiger partial charge >= 0.3 is 0 Å². The number of benzene rings is 1. The zero-order chi connectivity index (χ0) is 14.4. The fraction of sp³-hybridized carbons (Fsp3) is 0.250. The average molecular weight is 270 g/mol. The largest absolute Gasteiger partial charge is 0.350 e. The Bertz CT molecular complexity index is 599. The van der Waals surface area contributed by atoms with Crippen molar-refractivity contribution < 1.29 is 4.79 Å². The average Bonchev–Trinajstić information content (AvgIpc) is 2.47. The van der Waals surface area contributed by atoms with Gasteiger partial charge in [0.1, 0.15) is 0 Å². The van der Waals surface area contributed by atoms with E-state index in [9.17, 15) is 9.59 Å². The Hall–Kier alpha value is -2.36. The molecule has 2 rings (SSSR count). The molecule has 0 saturated heterocycles. The smallest absolute Gasteiger partial charge is 0.252 e. The monoisotopic (exact) mass is 270 g/mol. The summed E-state index contributed by atoms with van der Waals surface area (Å²) in [5, 5.41) is 2.92. The molecule has 20 heavy (non-hydrogen) atoms. The first-order valence-corrected chi connectivity index (χ1v) is 6.68. The van der Waals surface area contributed by atoms with E-state index in [1.165, 1.54) is 23.9 Å². The van der Waals surface area contributed by atoms with E-state index in [1.54, 1.807) is 0 Å². The normalized spacial score (nSPS) is 11.8. The summed E-state index contributed by atoms with van der Waals surface area (Å²) in [7, 11) is 0. The number of pyridine rings is 1. The molecular formula is C16H18N2O2. The molecule has 1 aromatic carbocycles. The SMILES string of the molecule is CC(CCc1ccccc1)NC(=O)c1ccc(=O)[nH]c1. The van der Waals surface area contributed by atoms with E-state index in [1.807, 2.05) is 25.1 Å². The summed E-state index contributed by atoms with van der Waals surface area (Å²) in [5.74, 6) is -0.165. The topological polar surface area (TPSA) is 62.0 Å². The standard InChI is InChI=1S/C16H18N2O2/c1-12(7-8-13-5-3-2-4-6-13)18-16(20)14-9-10-15(19)17-11-14/h2-6,9-12H,7-8H2,1H3,(H,17,19)(H,18,20). The Morgan fingerprint density at radius 2 is 1.95 bits per heavy atom. The quantitative estimate of drug-likeness (QED) is 0.874. The second-order valence-electron chi connectivity index (χ2n) is 4.84. The Labute approximate surface area is 117 Å². The van der Waals surface area contributed by atoms with Gasteiger partial charge in [0.15, 0.2) is 0 Å². The number of carbonyl (C=O) groups is 1. The molecule has 2 aromatic rings. The summed E-state index contributed by atoms with van der Waals surface area (Å²) in [4.78, 5) is 25.4. The number of hydrogen-bond donors (Lipinski definition) is 2. The molecule has 0 aliphatic rings. The van der Waals surface area contributed by atoms with Gasteiger partial charge in [0.05, 0.1) is 5.56 Å². The van der Waals surface area contributed by atoms with E-state index in [0.29, 0.717) is 5.56 Å². The fourth-order valence-electron chi connectivity index (χ4n) is 1.96. The highest BCUT2D eigenvalue weighted by Crippen LogP contribution is 2.05. The predicted molar refractivity (Wildman–Crippen MR) is 78.8 cm³/mol. The number of H-pyrrole nitrogens is 1. The molecule has 4 heteroatoms. The van der Waals surface area contributed by atoms with Crippen molar-refractivity contribution >= 4 is 5.91 Å². The van der Waals surface area contributed by atoms with Crippen LogP contribution in [0.3, 0.4) is 0 Å². The summed E-state index contributed by atoms with van der Waals surface area (Å²) < 4.78 is 0. The number of amides is 1. The second kappa shape index (κ2) is 6.70. The number of hydrogen-bond acceptors (Lipinski definition) is 2. The highest BCUT2D eigenvalue weighted by molar-refractivity contribution is 5.93. The Balaban J connectivity index is 1.85. The highest BCUT2D eigenvalue weighted by atomic mass is 16.2. The van der Waals surface area contributed by atoms with Crippen LogP contribution in [0.4, 0.5) is 0 Å². The third-order valence-electron chi connectivity index (χ3n) is 3.13. The molecule has 1 heterocycles. The van der Waals surface area contributed by atoms with Gasteiger partial charge in [-0.3, -0.25) is 9.59 Å². The molecule has 0 spiro atoms. The van der Waals surface area contributed by atoms with Gasteiger partial charge in [0.25, 0.3) is 5.91 Å². The molecule has 1 amide bonds. The first-order valence-electron chi connectivity index (χ1n) is 6.68. The Morgan fingerprint density at radius 3 is 2.60 bits per heavy atom. The van der Waals surface area contributed by atoms with Crippen molar-refractivity contribution in [3.8, 4) is 0 Å². The fourth-order valence-corrected chi connectivity index (χ4v) is 1.96. The maximum Gasteiger partial charge on any atom is 0.252 e. The summed E-state index contributed by atoms with van der Waals surface area (Å²) in [6.45, 7) is 1.98. The molecule has 2 N–H and O–H groups in total. The van der Waals surface area contributed by atoms with Crippen LogP contribution in [0, 0.1) is 0 Å². The van der Waals surface area contributed by atoms with Crippen LogP contribution in [0.2, 0.25) is 0 Å². The summed E-state index contributed by atoms with van der Waals surface area (Å²) in [6.07, 6.45) is 3.23. The third kappa shape index (κ3) is 4.09. The van der Waals surface area contributed by atoms with E-state index < -0.39 is 0 Å². The lowest BCUT2D eigenvalue weighted by Gasteiger charge is -2.13. The molecule has 0 saturated carbocycles. The number of aryl methyl sites for hydroxylation is 1. The molecule has 0 radical (unpaired) electrons. The van der Waals surface area contributed by atoms with Crippen molar-refractivity contribution in [2.75, 3.05) is 0 Å². The van der Waals surface area contributed by atoms with Gasteiger partial charge in [-0.15, -0.1) is 0 Å². The molecule has 1 atom stereocenters. The molecule has 0 fully saturated rings. The number of aromatic nitrogens is 1. The maximum atomic E-state index is 11.9. The van der Waals surface area contributed by atoms with Crippen LogP contribution >= 0.6 is 0 Å². The van der Waals surface area contributed by atoms with E-state index in [0.717, 1.165) is 12.8 Å². The van der Waals surface area contributed by atoms with Crippen molar-refractivity contribution in [1.29, 1.82) is 0 Å². The molecule has 0 bridgehead atoms. The van der Waals surface area contributed by atoms with Crippen LogP contribution in [0.1, 0.15) is 29.3 Å². The van der Waals surface area contributed by atoms with Crippen molar-refractivity contribution in [3.63, 3.8) is 0 Å². The first-order chi connectivity index (χ1) is 9.65. The van der Waals surface area contributed by atoms with Gasteiger partial charge in [-0.1, -0.05) is 30.3 Å². The minimum absolute atomic E-state index is 0.0784. The van der Waals surface area contributed by atoms with Crippen LogP contribution in [0.15, 0.2) is 53.5 Å². The van der Waals surface area contributed by atoms with Gasteiger partial charge in [0, 0.05) is 18.3 Å². The lowest BCUT2D eigenvalue weighted by Crippen LogP contribution is -2.33. The molecule has 4 nitrogen and oxygen atoms in total.